The summed E-state index contributed by atoms with van der Waals surface area (Å²) >= 11 is 0. The third-order valence-corrected chi connectivity index (χ3v) is 4.20. The van der Waals surface area contributed by atoms with Crippen molar-refractivity contribution in [2.24, 2.45) is 0 Å². The number of anilines is 1. The van der Waals surface area contributed by atoms with E-state index < -0.39 is 10.5 Å². The number of piperazine rings is 1. The highest BCUT2D eigenvalue weighted by Gasteiger charge is 2.27. The van der Waals surface area contributed by atoms with Gasteiger partial charge in [0.15, 0.2) is 0 Å². The van der Waals surface area contributed by atoms with Gasteiger partial charge in [-0.2, -0.15) is 0 Å². The van der Waals surface area contributed by atoms with Crippen LogP contribution in [-0.2, 0) is 4.74 Å². The Balaban J connectivity index is 1.79. The Labute approximate surface area is 151 Å². The molecule has 8 heteroatoms. The predicted octanol–water partition coefficient (Wildman–Crippen LogP) is 3.20. The third-order valence-electron chi connectivity index (χ3n) is 4.20. The smallest absolute Gasteiger partial charge is 0.410 e. The number of ether oxygens (including phenoxy) is 1. The van der Waals surface area contributed by atoms with Crippen LogP contribution in [0.2, 0.25) is 0 Å². The second kappa shape index (κ2) is 6.78. The highest BCUT2D eigenvalue weighted by atomic mass is 16.6. The summed E-state index contributed by atoms with van der Waals surface area (Å²) in [7, 11) is 0. The first kappa shape index (κ1) is 17.9. The molecule has 1 fully saturated rings. The van der Waals surface area contributed by atoms with Crippen molar-refractivity contribution in [1.82, 2.24) is 9.88 Å². The van der Waals surface area contributed by atoms with Crippen LogP contribution in [-0.4, -0.2) is 52.7 Å². The number of hydrogen-bond donors (Lipinski definition) is 0. The number of non-ortho nitro benzene ring substituents is 1. The summed E-state index contributed by atoms with van der Waals surface area (Å²) in [6.45, 7) is 7.86. The number of para-hydroxylation sites is 1. The van der Waals surface area contributed by atoms with Gasteiger partial charge in [-0.3, -0.25) is 10.1 Å². The molecule has 0 atom stereocenters. The van der Waals surface area contributed by atoms with Crippen LogP contribution in [0.15, 0.2) is 30.5 Å². The Morgan fingerprint density at radius 2 is 1.88 bits per heavy atom. The van der Waals surface area contributed by atoms with Gasteiger partial charge in [0.2, 0.25) is 0 Å². The number of rotatable bonds is 2. The quantitative estimate of drug-likeness (QED) is 0.605. The van der Waals surface area contributed by atoms with E-state index in [-0.39, 0.29) is 11.8 Å². The molecular weight excluding hydrogens is 336 g/mol. The molecule has 0 radical (unpaired) electrons. The normalized spacial score (nSPS) is 15.2. The Morgan fingerprint density at radius 1 is 1.19 bits per heavy atom. The lowest BCUT2D eigenvalue weighted by molar-refractivity contribution is -0.383. The molecule has 0 aliphatic carbocycles. The van der Waals surface area contributed by atoms with Crippen LogP contribution < -0.4 is 4.90 Å². The molecule has 1 aliphatic rings. The standard InChI is InChI=1S/C18H22N4O4/c1-18(2,3)26-17(23)21-11-9-20(10-12-21)14-7-8-19-16-13(14)5-4-6-15(16)22(24)25/h4-8H,9-12H2,1-3H3. The first-order valence-corrected chi connectivity index (χ1v) is 8.51. The van der Waals surface area contributed by atoms with Crippen molar-refractivity contribution < 1.29 is 14.5 Å². The minimum Gasteiger partial charge on any atom is -0.444 e. The average Bonchev–Trinajstić information content (AvgIpc) is 2.59. The van der Waals surface area contributed by atoms with E-state index in [2.05, 4.69) is 9.88 Å². The SMILES string of the molecule is CC(C)(C)OC(=O)N1CCN(c2ccnc3c([N+](=O)[O-])cccc23)CC1. The fourth-order valence-electron chi connectivity index (χ4n) is 3.03. The molecule has 1 aliphatic heterocycles. The van der Waals surface area contributed by atoms with E-state index in [1.54, 1.807) is 17.2 Å². The van der Waals surface area contributed by atoms with Gasteiger partial charge in [-0.15, -0.1) is 0 Å². The number of nitro groups is 1. The Bertz CT molecular complexity index is 839. The van der Waals surface area contributed by atoms with Crippen LogP contribution in [0.25, 0.3) is 10.9 Å². The van der Waals surface area contributed by atoms with Gasteiger partial charge in [-0.1, -0.05) is 12.1 Å². The number of pyridine rings is 1. The highest BCUT2D eigenvalue weighted by Crippen LogP contribution is 2.31. The summed E-state index contributed by atoms with van der Waals surface area (Å²) in [5.41, 5.74) is 0.748. The number of nitrogens with zero attached hydrogens (tertiary/aromatic N) is 4. The zero-order valence-corrected chi connectivity index (χ0v) is 15.1. The summed E-state index contributed by atoms with van der Waals surface area (Å²) in [6.07, 6.45) is 1.28. The van der Waals surface area contributed by atoms with Gasteiger partial charge < -0.3 is 14.5 Å². The van der Waals surface area contributed by atoms with Crippen LogP contribution in [0.3, 0.4) is 0 Å². The number of nitro benzene ring substituents is 1. The molecule has 0 bridgehead atoms. The number of amides is 1. The summed E-state index contributed by atoms with van der Waals surface area (Å²) < 4.78 is 5.41. The molecule has 3 rings (SSSR count). The topological polar surface area (TPSA) is 88.8 Å². The van der Waals surface area contributed by atoms with E-state index in [0.717, 1.165) is 11.1 Å². The zero-order chi connectivity index (χ0) is 18.9. The largest absolute Gasteiger partial charge is 0.444 e. The van der Waals surface area contributed by atoms with Gasteiger partial charge in [0.25, 0.3) is 5.69 Å². The first-order chi connectivity index (χ1) is 12.3. The number of carbonyl (C=O) groups is 1. The van der Waals surface area contributed by atoms with Crippen molar-refractivity contribution in [3.05, 3.63) is 40.6 Å². The van der Waals surface area contributed by atoms with Crippen LogP contribution in [0, 0.1) is 10.1 Å². The van der Waals surface area contributed by atoms with Crippen LogP contribution in [0.1, 0.15) is 20.8 Å². The fraction of sp³-hybridized carbons (Fsp3) is 0.444. The lowest BCUT2D eigenvalue weighted by atomic mass is 10.1. The molecule has 0 saturated carbocycles. The van der Waals surface area contributed by atoms with Crippen molar-refractivity contribution >= 4 is 28.4 Å². The number of benzene rings is 1. The van der Waals surface area contributed by atoms with E-state index in [1.165, 1.54) is 6.07 Å². The molecule has 1 aromatic heterocycles. The number of carbonyl (C=O) groups excluding carboxylic acids is 1. The second-order valence-corrected chi connectivity index (χ2v) is 7.21. The average molecular weight is 358 g/mol. The molecule has 2 heterocycles. The summed E-state index contributed by atoms with van der Waals surface area (Å²) in [4.78, 5) is 31.0. The minimum atomic E-state index is -0.519. The first-order valence-electron chi connectivity index (χ1n) is 8.51. The number of fused-ring (bicyclic) bond motifs is 1. The van der Waals surface area contributed by atoms with Crippen LogP contribution >= 0.6 is 0 Å². The van der Waals surface area contributed by atoms with Gasteiger partial charge in [0.1, 0.15) is 11.1 Å². The zero-order valence-electron chi connectivity index (χ0n) is 15.1. The van der Waals surface area contributed by atoms with E-state index in [9.17, 15) is 14.9 Å². The highest BCUT2D eigenvalue weighted by molar-refractivity contribution is 5.96. The van der Waals surface area contributed by atoms with Gasteiger partial charge >= 0.3 is 6.09 Å². The van der Waals surface area contributed by atoms with Crippen molar-refractivity contribution in [3.63, 3.8) is 0 Å². The molecule has 26 heavy (non-hydrogen) atoms. The Hall–Kier alpha value is -2.90. The van der Waals surface area contributed by atoms with E-state index in [1.807, 2.05) is 32.9 Å². The summed E-state index contributed by atoms with van der Waals surface area (Å²) in [5, 5.41) is 12.0. The predicted molar refractivity (Wildman–Crippen MR) is 98.4 cm³/mol. The number of hydrogen-bond acceptors (Lipinski definition) is 6. The second-order valence-electron chi connectivity index (χ2n) is 7.21. The molecule has 0 unspecified atom stereocenters. The van der Waals surface area contributed by atoms with E-state index in [0.29, 0.717) is 31.7 Å². The maximum atomic E-state index is 12.2. The van der Waals surface area contributed by atoms with Crippen LogP contribution in [0.5, 0.6) is 0 Å². The lowest BCUT2D eigenvalue weighted by Gasteiger charge is -2.37. The van der Waals surface area contributed by atoms with Crippen molar-refractivity contribution in [2.75, 3.05) is 31.1 Å². The van der Waals surface area contributed by atoms with Gasteiger partial charge in [0, 0.05) is 49.5 Å². The van der Waals surface area contributed by atoms with Crippen molar-refractivity contribution in [2.45, 2.75) is 26.4 Å². The maximum Gasteiger partial charge on any atom is 0.410 e. The summed E-state index contributed by atoms with van der Waals surface area (Å²) in [6, 6.07) is 6.82. The van der Waals surface area contributed by atoms with Gasteiger partial charge in [-0.05, 0) is 26.8 Å². The minimum absolute atomic E-state index is 0.00302. The Kier molecular flexibility index (Phi) is 4.67. The summed E-state index contributed by atoms with van der Waals surface area (Å²) in [5.74, 6) is 0. The number of aromatic nitrogens is 1. The molecule has 1 saturated heterocycles. The van der Waals surface area contributed by atoms with Crippen molar-refractivity contribution in [1.29, 1.82) is 0 Å². The lowest BCUT2D eigenvalue weighted by Crippen LogP contribution is -2.50. The fourth-order valence-corrected chi connectivity index (χ4v) is 3.03. The van der Waals surface area contributed by atoms with E-state index in [4.69, 9.17) is 4.74 Å². The van der Waals surface area contributed by atoms with Crippen molar-refractivity contribution in [3.8, 4) is 0 Å². The van der Waals surface area contributed by atoms with E-state index >= 15 is 0 Å². The third kappa shape index (κ3) is 3.68. The maximum absolute atomic E-state index is 12.2. The molecule has 1 amide bonds. The molecule has 2 aromatic rings. The molecule has 0 spiro atoms. The molecule has 138 valence electrons. The van der Waals surface area contributed by atoms with Gasteiger partial charge in [0.05, 0.1) is 4.92 Å². The molecule has 0 N–H and O–H groups in total. The Morgan fingerprint density at radius 3 is 2.50 bits per heavy atom. The van der Waals surface area contributed by atoms with Crippen LogP contribution in [0.4, 0.5) is 16.2 Å². The monoisotopic (exact) mass is 358 g/mol. The molecule has 8 nitrogen and oxygen atoms in total. The molecular formula is C18H22N4O4. The molecule has 1 aromatic carbocycles. The van der Waals surface area contributed by atoms with Gasteiger partial charge in [-0.25, -0.2) is 9.78 Å².